The van der Waals surface area contributed by atoms with Crippen molar-refractivity contribution in [1.29, 1.82) is 5.26 Å². The van der Waals surface area contributed by atoms with E-state index in [4.69, 9.17) is 15.7 Å². The van der Waals surface area contributed by atoms with Crippen LogP contribution in [0.5, 0.6) is 5.75 Å². The molecule has 3 N–H and O–H groups in total. The van der Waals surface area contributed by atoms with Gasteiger partial charge in [0, 0.05) is 16.8 Å². The number of nitrogens with two attached hydrogens (primary N) is 1. The minimum absolute atomic E-state index is 0.0705. The van der Waals surface area contributed by atoms with Crippen molar-refractivity contribution in [3.8, 4) is 11.8 Å². The molecule has 0 saturated heterocycles. The Kier molecular flexibility index (Phi) is 5.03. The number of aliphatic hydroxyl groups is 1. The average molecular weight is 346 g/mol. The Morgan fingerprint density at radius 2 is 2.00 bits per heavy atom. The molecule has 0 atom stereocenters. The highest BCUT2D eigenvalue weighted by molar-refractivity contribution is 5.87. The molecule has 7 heteroatoms. The molecule has 0 unspecified atom stereocenters. The van der Waals surface area contributed by atoms with Gasteiger partial charge in [-0.15, -0.1) is 0 Å². The highest BCUT2D eigenvalue weighted by Crippen LogP contribution is 2.37. The van der Waals surface area contributed by atoms with Crippen LogP contribution in [-0.4, -0.2) is 12.2 Å². The van der Waals surface area contributed by atoms with Gasteiger partial charge < -0.3 is 15.6 Å². The largest absolute Gasteiger partial charge is 0.509 e. The second kappa shape index (κ2) is 7.01. The molecule has 0 saturated carbocycles. The summed E-state index contributed by atoms with van der Waals surface area (Å²) >= 11 is 0. The highest BCUT2D eigenvalue weighted by atomic mass is 19.1. The van der Waals surface area contributed by atoms with E-state index >= 15 is 0 Å². The molecule has 2 aromatic rings. The molecular weight excluding hydrogens is 333 g/mol. The quantitative estimate of drug-likeness (QED) is 0.497. The van der Waals surface area contributed by atoms with Crippen LogP contribution in [0.25, 0.3) is 5.57 Å². The van der Waals surface area contributed by atoms with Gasteiger partial charge in [0.05, 0.1) is 18.2 Å². The van der Waals surface area contributed by atoms with E-state index in [1.807, 2.05) is 0 Å². The Balaban J connectivity index is 2.86. The number of halogens is 3. The number of hydrogen-bond donors (Lipinski definition) is 2. The number of hydrogen-bond acceptors (Lipinski definition) is 4. The first-order valence-corrected chi connectivity index (χ1v) is 6.91. The fraction of sp³-hybridized carbons (Fsp3) is 0.0556. The maximum absolute atomic E-state index is 14.8. The van der Waals surface area contributed by atoms with Crippen molar-refractivity contribution in [1.82, 2.24) is 0 Å². The summed E-state index contributed by atoms with van der Waals surface area (Å²) in [5.74, 6) is -3.84. The number of nitrogens with zero attached hydrogens (tertiary/aromatic N) is 1. The molecule has 0 fully saturated rings. The minimum atomic E-state index is -1.16. The molecule has 0 aliphatic heterocycles. The first kappa shape index (κ1) is 17.9. The number of benzene rings is 2. The number of nitrogen functional groups attached to an aromatic ring is 1. The Morgan fingerprint density at radius 3 is 2.52 bits per heavy atom. The molecule has 2 rings (SSSR count). The Hall–Kier alpha value is -3.40. The predicted molar refractivity (Wildman–Crippen MR) is 87.3 cm³/mol. The second-order valence-corrected chi connectivity index (χ2v) is 5.02. The lowest BCUT2D eigenvalue weighted by molar-refractivity contribution is 0.382. The zero-order valence-corrected chi connectivity index (χ0v) is 13.1. The number of nitriles is 1. The van der Waals surface area contributed by atoms with Gasteiger partial charge in [-0.05, 0) is 30.3 Å². The van der Waals surface area contributed by atoms with Crippen molar-refractivity contribution in [2.75, 3.05) is 12.8 Å². The van der Waals surface area contributed by atoms with Crippen LogP contribution in [0.15, 0.2) is 42.7 Å². The molecule has 0 spiro atoms. The van der Waals surface area contributed by atoms with Gasteiger partial charge in [-0.25, -0.2) is 13.2 Å². The molecule has 2 aromatic carbocycles. The van der Waals surface area contributed by atoms with Crippen LogP contribution in [-0.2, 0) is 0 Å². The molecular formula is C18H13F3N2O2. The van der Waals surface area contributed by atoms with Gasteiger partial charge in [-0.1, -0.05) is 6.58 Å². The minimum Gasteiger partial charge on any atom is -0.509 e. The van der Waals surface area contributed by atoms with Gasteiger partial charge in [0.1, 0.15) is 23.5 Å². The van der Waals surface area contributed by atoms with Gasteiger partial charge in [0.25, 0.3) is 0 Å². The predicted octanol–water partition coefficient (Wildman–Crippen LogP) is 4.07. The van der Waals surface area contributed by atoms with E-state index in [1.165, 1.54) is 6.07 Å². The molecule has 0 aliphatic rings. The summed E-state index contributed by atoms with van der Waals surface area (Å²) < 4.78 is 47.4. The summed E-state index contributed by atoms with van der Waals surface area (Å²) in [6.45, 7) is 3.26. The Morgan fingerprint density at radius 1 is 1.32 bits per heavy atom. The maximum Gasteiger partial charge on any atom is 0.177 e. The monoisotopic (exact) mass is 346 g/mol. The van der Waals surface area contributed by atoms with Crippen LogP contribution in [0.2, 0.25) is 0 Å². The molecule has 4 nitrogen and oxygen atoms in total. The third-order valence-corrected chi connectivity index (χ3v) is 3.38. The molecule has 25 heavy (non-hydrogen) atoms. The average Bonchev–Trinajstić information content (AvgIpc) is 2.53. The lowest BCUT2D eigenvalue weighted by Gasteiger charge is -2.15. The van der Waals surface area contributed by atoms with E-state index < -0.39 is 34.5 Å². The number of ether oxygens (including phenoxy) is 1. The molecule has 0 amide bonds. The molecule has 0 radical (unpaired) electrons. The van der Waals surface area contributed by atoms with E-state index in [9.17, 15) is 18.3 Å². The fourth-order valence-corrected chi connectivity index (χ4v) is 2.36. The number of rotatable bonds is 4. The molecule has 0 heterocycles. The van der Waals surface area contributed by atoms with E-state index in [0.717, 1.165) is 31.4 Å². The van der Waals surface area contributed by atoms with Crippen LogP contribution in [0.1, 0.15) is 16.7 Å². The van der Waals surface area contributed by atoms with Crippen molar-refractivity contribution in [3.05, 3.63) is 76.8 Å². The molecule has 128 valence electrons. The lowest BCUT2D eigenvalue weighted by Crippen LogP contribution is -2.05. The summed E-state index contributed by atoms with van der Waals surface area (Å²) in [5.41, 5.74) is 4.60. The molecule has 0 aliphatic carbocycles. The standard InChI is InChI=1S/C18H13F3N2O2/c1-9(24)5-13(12-4-3-11(19)7-15(12)23)16-14(20)6-10(8-22)18(25-2)17(16)21/h3-7,24H,1,23H2,2H3/b13-5-. The van der Waals surface area contributed by atoms with Gasteiger partial charge in [-0.3, -0.25) is 0 Å². The van der Waals surface area contributed by atoms with Crippen molar-refractivity contribution in [3.63, 3.8) is 0 Å². The number of aliphatic hydroxyl groups excluding tert-OH is 1. The first-order chi connectivity index (χ1) is 11.8. The first-order valence-electron chi connectivity index (χ1n) is 6.91. The van der Waals surface area contributed by atoms with Gasteiger partial charge >= 0.3 is 0 Å². The van der Waals surface area contributed by atoms with Gasteiger partial charge in [0.2, 0.25) is 0 Å². The summed E-state index contributed by atoms with van der Waals surface area (Å²) in [4.78, 5) is 0. The van der Waals surface area contributed by atoms with E-state index in [1.54, 1.807) is 6.07 Å². The summed E-state index contributed by atoms with van der Waals surface area (Å²) in [7, 11) is 1.13. The van der Waals surface area contributed by atoms with Crippen LogP contribution < -0.4 is 10.5 Å². The third-order valence-electron chi connectivity index (χ3n) is 3.38. The summed E-state index contributed by atoms with van der Waals surface area (Å²) in [5, 5.41) is 18.5. The topological polar surface area (TPSA) is 79.3 Å². The normalized spacial score (nSPS) is 11.1. The van der Waals surface area contributed by atoms with Gasteiger partial charge in [-0.2, -0.15) is 5.26 Å². The van der Waals surface area contributed by atoms with Crippen molar-refractivity contribution in [2.45, 2.75) is 0 Å². The van der Waals surface area contributed by atoms with Crippen molar-refractivity contribution in [2.24, 2.45) is 0 Å². The van der Waals surface area contributed by atoms with Gasteiger partial charge in [0.15, 0.2) is 11.6 Å². The van der Waals surface area contributed by atoms with Crippen LogP contribution in [0, 0.1) is 28.8 Å². The smallest absolute Gasteiger partial charge is 0.177 e. The zero-order chi connectivity index (χ0) is 18.7. The van der Waals surface area contributed by atoms with Crippen molar-refractivity contribution >= 4 is 11.3 Å². The maximum atomic E-state index is 14.8. The fourth-order valence-electron chi connectivity index (χ4n) is 2.36. The number of anilines is 1. The zero-order valence-electron chi connectivity index (χ0n) is 13.1. The van der Waals surface area contributed by atoms with Crippen LogP contribution >= 0.6 is 0 Å². The van der Waals surface area contributed by atoms with E-state index in [0.29, 0.717) is 0 Å². The van der Waals surface area contributed by atoms with Crippen LogP contribution in [0.3, 0.4) is 0 Å². The third kappa shape index (κ3) is 3.43. The second-order valence-electron chi connectivity index (χ2n) is 5.02. The van der Waals surface area contributed by atoms with E-state index in [-0.39, 0.29) is 22.4 Å². The Bertz CT molecular complexity index is 931. The summed E-state index contributed by atoms with van der Waals surface area (Å²) in [6.07, 6.45) is 0.983. The highest BCUT2D eigenvalue weighted by Gasteiger charge is 2.24. The Labute approximate surface area is 141 Å². The SMILES string of the molecule is C=C(O)/C=C(/c1ccc(F)cc1N)c1c(F)cc(C#N)c(OC)c1F. The summed E-state index contributed by atoms with van der Waals surface area (Å²) in [6, 6.07) is 5.66. The molecule has 0 aromatic heterocycles. The lowest BCUT2D eigenvalue weighted by atomic mass is 9.93. The molecule has 0 bridgehead atoms. The van der Waals surface area contributed by atoms with Crippen molar-refractivity contribution < 1.29 is 23.0 Å². The number of methoxy groups -OCH3 is 1. The number of allylic oxidation sites excluding steroid dienone is 1. The van der Waals surface area contributed by atoms with Crippen LogP contribution in [0.4, 0.5) is 18.9 Å². The van der Waals surface area contributed by atoms with E-state index in [2.05, 4.69) is 6.58 Å².